The largest absolute Gasteiger partial charge is 0.379 e. The highest BCUT2D eigenvalue weighted by molar-refractivity contribution is 5.25. The number of rotatable bonds is 8. The van der Waals surface area contributed by atoms with Gasteiger partial charge < -0.3 is 10.1 Å². The Hall–Kier alpha value is -1.23. The Balaban J connectivity index is 1.73. The maximum atomic E-state index is 5.54. The molecule has 1 aromatic heterocycles. The van der Waals surface area contributed by atoms with Crippen LogP contribution in [0.2, 0.25) is 0 Å². The van der Waals surface area contributed by atoms with Gasteiger partial charge in [-0.15, -0.1) is 5.10 Å². The van der Waals surface area contributed by atoms with Crippen LogP contribution >= 0.6 is 0 Å². The first-order chi connectivity index (χ1) is 8.83. The van der Waals surface area contributed by atoms with Crippen molar-refractivity contribution >= 4 is 5.95 Å². The van der Waals surface area contributed by atoms with Gasteiger partial charge in [-0.1, -0.05) is 13.8 Å². The zero-order valence-corrected chi connectivity index (χ0v) is 11.3. The van der Waals surface area contributed by atoms with Gasteiger partial charge in [0, 0.05) is 13.2 Å². The molecule has 1 N–H and O–H groups in total. The minimum absolute atomic E-state index is 0.610. The minimum atomic E-state index is 0.610. The smallest absolute Gasteiger partial charge is 0.243 e. The topological polar surface area (TPSA) is 59.9 Å². The lowest BCUT2D eigenvalue weighted by molar-refractivity contribution is 0.133. The van der Waals surface area contributed by atoms with E-state index in [9.17, 15) is 0 Å². The molecule has 1 aromatic rings. The van der Waals surface area contributed by atoms with Crippen LogP contribution in [0.5, 0.6) is 0 Å². The number of hydrogen-bond acceptors (Lipinski definition) is 5. The van der Waals surface area contributed by atoms with Crippen molar-refractivity contribution in [3.05, 3.63) is 11.4 Å². The predicted molar refractivity (Wildman–Crippen MR) is 70.6 cm³/mol. The quantitative estimate of drug-likeness (QED) is 0.713. The molecular formula is C13H22N4O. The fraction of sp³-hybridized carbons (Fsp3) is 0.769. The van der Waals surface area contributed by atoms with Crippen LogP contribution in [-0.4, -0.2) is 34.9 Å². The number of anilines is 1. The summed E-state index contributed by atoms with van der Waals surface area (Å²) in [6.45, 7) is 6.50. The van der Waals surface area contributed by atoms with Crippen LogP contribution in [0.15, 0.2) is 0 Å². The Morgan fingerprint density at radius 3 is 2.61 bits per heavy atom. The molecule has 1 saturated carbocycles. The summed E-state index contributed by atoms with van der Waals surface area (Å²) in [4.78, 5) is 4.47. The van der Waals surface area contributed by atoms with E-state index in [1.54, 1.807) is 0 Å². The van der Waals surface area contributed by atoms with Gasteiger partial charge in [0.05, 0.1) is 18.0 Å². The second-order valence-electron chi connectivity index (χ2n) is 4.68. The highest BCUT2D eigenvalue weighted by Crippen LogP contribution is 2.28. The number of nitrogens with zero attached hydrogens (tertiary/aromatic N) is 3. The number of hydrogen-bond donors (Lipinski definition) is 1. The SMILES string of the molecule is CCc1nnc(NCCOCC2CC2)nc1CC. The van der Waals surface area contributed by atoms with Crippen LogP contribution in [-0.2, 0) is 17.6 Å². The molecule has 0 saturated heterocycles. The third-order valence-corrected chi connectivity index (χ3v) is 3.09. The molecule has 1 fully saturated rings. The molecule has 0 aliphatic heterocycles. The van der Waals surface area contributed by atoms with Gasteiger partial charge in [0.2, 0.25) is 5.95 Å². The summed E-state index contributed by atoms with van der Waals surface area (Å²) in [5.74, 6) is 1.43. The summed E-state index contributed by atoms with van der Waals surface area (Å²) in [5, 5.41) is 11.4. The van der Waals surface area contributed by atoms with Crippen molar-refractivity contribution in [3.8, 4) is 0 Å². The van der Waals surface area contributed by atoms with E-state index in [-0.39, 0.29) is 0 Å². The van der Waals surface area contributed by atoms with E-state index in [0.29, 0.717) is 12.6 Å². The normalized spacial score (nSPS) is 14.8. The summed E-state index contributed by atoms with van der Waals surface area (Å²) in [7, 11) is 0. The molecule has 0 radical (unpaired) electrons. The molecule has 1 aliphatic rings. The van der Waals surface area contributed by atoms with Crippen molar-refractivity contribution in [1.29, 1.82) is 0 Å². The van der Waals surface area contributed by atoms with E-state index in [1.807, 2.05) is 0 Å². The molecule has 5 heteroatoms. The maximum absolute atomic E-state index is 5.54. The second-order valence-corrected chi connectivity index (χ2v) is 4.68. The highest BCUT2D eigenvalue weighted by Gasteiger charge is 2.20. The zero-order valence-electron chi connectivity index (χ0n) is 11.3. The molecule has 0 atom stereocenters. The average Bonchev–Trinajstić information content (AvgIpc) is 3.22. The van der Waals surface area contributed by atoms with Crippen molar-refractivity contribution in [2.45, 2.75) is 39.5 Å². The monoisotopic (exact) mass is 250 g/mol. The van der Waals surface area contributed by atoms with Gasteiger partial charge in [0.1, 0.15) is 0 Å². The zero-order chi connectivity index (χ0) is 12.8. The van der Waals surface area contributed by atoms with E-state index in [4.69, 9.17) is 4.74 Å². The fourth-order valence-corrected chi connectivity index (χ4v) is 1.78. The fourth-order valence-electron chi connectivity index (χ4n) is 1.78. The van der Waals surface area contributed by atoms with Crippen molar-refractivity contribution in [2.24, 2.45) is 5.92 Å². The Labute approximate surface area is 108 Å². The van der Waals surface area contributed by atoms with Crippen LogP contribution in [0.25, 0.3) is 0 Å². The van der Waals surface area contributed by atoms with E-state index >= 15 is 0 Å². The third kappa shape index (κ3) is 3.91. The van der Waals surface area contributed by atoms with Crippen LogP contribution < -0.4 is 5.32 Å². The maximum Gasteiger partial charge on any atom is 0.243 e. The average molecular weight is 250 g/mol. The molecule has 1 aliphatic carbocycles. The second kappa shape index (κ2) is 6.64. The summed E-state index contributed by atoms with van der Waals surface area (Å²) in [5.41, 5.74) is 2.03. The van der Waals surface area contributed by atoms with Crippen LogP contribution in [0.1, 0.15) is 38.1 Å². The molecule has 18 heavy (non-hydrogen) atoms. The molecule has 1 heterocycles. The molecule has 0 unspecified atom stereocenters. The van der Waals surface area contributed by atoms with Gasteiger partial charge in [-0.2, -0.15) is 5.10 Å². The Bertz CT molecular complexity index is 379. The van der Waals surface area contributed by atoms with Crippen molar-refractivity contribution in [1.82, 2.24) is 15.2 Å². The Kier molecular flexibility index (Phi) is 4.87. The summed E-state index contributed by atoms with van der Waals surface area (Å²) in [6.07, 6.45) is 4.44. The summed E-state index contributed by atoms with van der Waals surface area (Å²) < 4.78 is 5.54. The number of ether oxygens (including phenoxy) is 1. The highest BCUT2D eigenvalue weighted by atomic mass is 16.5. The molecule has 0 amide bonds. The lowest BCUT2D eigenvalue weighted by Gasteiger charge is -2.08. The van der Waals surface area contributed by atoms with E-state index in [1.165, 1.54) is 12.8 Å². The van der Waals surface area contributed by atoms with Crippen molar-refractivity contribution in [2.75, 3.05) is 25.1 Å². The van der Waals surface area contributed by atoms with Crippen molar-refractivity contribution < 1.29 is 4.74 Å². The van der Waals surface area contributed by atoms with Gasteiger partial charge in [-0.05, 0) is 31.6 Å². The minimum Gasteiger partial charge on any atom is -0.379 e. The van der Waals surface area contributed by atoms with Gasteiger partial charge in [-0.25, -0.2) is 4.98 Å². The molecular weight excluding hydrogens is 228 g/mol. The lowest BCUT2D eigenvalue weighted by Crippen LogP contribution is -2.14. The Morgan fingerprint density at radius 2 is 1.94 bits per heavy atom. The summed E-state index contributed by atoms with van der Waals surface area (Å²) in [6, 6.07) is 0. The molecule has 0 spiro atoms. The van der Waals surface area contributed by atoms with E-state index < -0.39 is 0 Å². The number of nitrogens with one attached hydrogen (secondary N) is 1. The molecule has 2 rings (SSSR count). The third-order valence-electron chi connectivity index (χ3n) is 3.09. The summed E-state index contributed by atoms with van der Waals surface area (Å²) >= 11 is 0. The lowest BCUT2D eigenvalue weighted by atomic mass is 10.2. The van der Waals surface area contributed by atoms with Gasteiger partial charge in [-0.3, -0.25) is 0 Å². The first-order valence-electron chi connectivity index (χ1n) is 6.87. The van der Waals surface area contributed by atoms with E-state index in [2.05, 4.69) is 34.3 Å². The van der Waals surface area contributed by atoms with Crippen LogP contribution in [0.3, 0.4) is 0 Å². The Morgan fingerprint density at radius 1 is 1.17 bits per heavy atom. The van der Waals surface area contributed by atoms with Crippen molar-refractivity contribution in [3.63, 3.8) is 0 Å². The first-order valence-corrected chi connectivity index (χ1v) is 6.87. The van der Waals surface area contributed by atoms with Crippen LogP contribution in [0, 0.1) is 5.92 Å². The van der Waals surface area contributed by atoms with E-state index in [0.717, 1.165) is 43.3 Å². The number of aryl methyl sites for hydroxylation is 2. The standard InChI is InChI=1S/C13H22N4O/c1-3-11-12(4-2)16-17-13(15-11)14-7-8-18-9-10-5-6-10/h10H,3-9H2,1-2H3,(H,14,15,17). The number of aromatic nitrogens is 3. The molecule has 100 valence electrons. The van der Waals surface area contributed by atoms with Gasteiger partial charge >= 0.3 is 0 Å². The molecule has 0 aromatic carbocycles. The van der Waals surface area contributed by atoms with Gasteiger partial charge in [0.15, 0.2) is 0 Å². The van der Waals surface area contributed by atoms with Gasteiger partial charge in [0.25, 0.3) is 0 Å². The van der Waals surface area contributed by atoms with Crippen LogP contribution in [0.4, 0.5) is 5.95 Å². The molecule has 5 nitrogen and oxygen atoms in total. The predicted octanol–water partition coefficient (Wildman–Crippen LogP) is 1.83. The first kappa shape index (κ1) is 13.2. The molecule has 0 bridgehead atoms.